The Hall–Kier alpha value is -3.59. The van der Waals surface area contributed by atoms with Crippen LogP contribution in [0.3, 0.4) is 0 Å². The minimum atomic E-state index is -0.333. The van der Waals surface area contributed by atoms with Crippen LogP contribution in [0.25, 0.3) is 23.0 Å². The van der Waals surface area contributed by atoms with Gasteiger partial charge in [-0.25, -0.2) is 4.39 Å². The summed E-state index contributed by atoms with van der Waals surface area (Å²) < 4.78 is 29.2. The number of benzene rings is 2. The molecular formula is C23H20FN3O4S. The summed E-state index contributed by atoms with van der Waals surface area (Å²) in [5.41, 5.74) is 1.64. The molecular weight excluding hydrogens is 433 g/mol. The molecule has 2 heterocycles. The van der Waals surface area contributed by atoms with E-state index in [1.807, 2.05) is 24.3 Å². The van der Waals surface area contributed by atoms with Gasteiger partial charge in [-0.2, -0.15) is 4.98 Å². The number of amides is 1. The molecule has 0 radical (unpaired) electrons. The first kappa shape index (κ1) is 21.6. The number of hydrogen-bond acceptors (Lipinski definition) is 7. The molecule has 0 atom stereocenters. The standard InChI is InChI=1S/C23H20FN3O4S/c1-29-18-8-2-15(3-9-18)12-25-21(28)14-32-13-19-10-11-20(30-19)23-26-22(27-31-23)16-4-6-17(24)7-5-16/h2-11H,12-14H2,1H3,(H,25,28). The van der Waals surface area contributed by atoms with Crippen LogP contribution in [0.5, 0.6) is 5.75 Å². The van der Waals surface area contributed by atoms with E-state index in [-0.39, 0.29) is 17.6 Å². The van der Waals surface area contributed by atoms with E-state index in [0.717, 1.165) is 11.3 Å². The normalized spacial score (nSPS) is 10.8. The van der Waals surface area contributed by atoms with E-state index < -0.39 is 0 Å². The molecule has 0 aliphatic heterocycles. The Bertz CT molecular complexity index is 1170. The highest BCUT2D eigenvalue weighted by atomic mass is 32.2. The van der Waals surface area contributed by atoms with E-state index in [1.165, 1.54) is 23.9 Å². The van der Waals surface area contributed by atoms with Crippen molar-refractivity contribution in [3.63, 3.8) is 0 Å². The minimum Gasteiger partial charge on any atom is -0.497 e. The van der Waals surface area contributed by atoms with Crippen molar-refractivity contribution in [3.05, 3.63) is 77.8 Å². The van der Waals surface area contributed by atoms with Gasteiger partial charge in [-0.15, -0.1) is 11.8 Å². The second-order valence-corrected chi connectivity index (χ2v) is 7.80. The number of methoxy groups -OCH3 is 1. The first-order valence-corrected chi connectivity index (χ1v) is 10.9. The zero-order valence-electron chi connectivity index (χ0n) is 17.2. The molecule has 0 aliphatic rings. The molecule has 0 fully saturated rings. The summed E-state index contributed by atoms with van der Waals surface area (Å²) in [6, 6.07) is 16.9. The van der Waals surface area contributed by atoms with Gasteiger partial charge < -0.3 is 19.0 Å². The number of nitrogens with zero attached hydrogens (tertiary/aromatic N) is 2. The van der Waals surface area contributed by atoms with E-state index in [1.54, 1.807) is 31.4 Å². The molecule has 1 amide bonds. The van der Waals surface area contributed by atoms with E-state index in [4.69, 9.17) is 13.7 Å². The molecule has 0 unspecified atom stereocenters. The lowest BCUT2D eigenvalue weighted by molar-refractivity contribution is -0.118. The lowest BCUT2D eigenvalue weighted by Gasteiger charge is -2.06. The van der Waals surface area contributed by atoms with Crippen molar-refractivity contribution >= 4 is 17.7 Å². The molecule has 0 spiro atoms. The third-order valence-electron chi connectivity index (χ3n) is 4.53. The minimum absolute atomic E-state index is 0.0570. The second-order valence-electron chi connectivity index (χ2n) is 6.81. The van der Waals surface area contributed by atoms with Gasteiger partial charge in [0.15, 0.2) is 5.76 Å². The smallest absolute Gasteiger partial charge is 0.293 e. The SMILES string of the molecule is COc1ccc(CNC(=O)CSCc2ccc(-c3nc(-c4ccc(F)cc4)no3)o2)cc1. The highest BCUT2D eigenvalue weighted by Gasteiger charge is 2.14. The first-order chi connectivity index (χ1) is 15.6. The fraction of sp³-hybridized carbons (Fsp3) is 0.174. The quantitative estimate of drug-likeness (QED) is 0.393. The maximum absolute atomic E-state index is 13.1. The highest BCUT2D eigenvalue weighted by molar-refractivity contribution is 7.99. The van der Waals surface area contributed by atoms with Gasteiger partial charge >= 0.3 is 0 Å². The number of nitrogens with one attached hydrogen (secondary N) is 1. The number of thioether (sulfide) groups is 1. The molecule has 9 heteroatoms. The van der Waals surface area contributed by atoms with Crippen LogP contribution >= 0.6 is 11.8 Å². The van der Waals surface area contributed by atoms with Crippen LogP contribution in [-0.2, 0) is 17.1 Å². The van der Waals surface area contributed by atoms with Gasteiger partial charge in [0, 0.05) is 12.1 Å². The number of aromatic nitrogens is 2. The van der Waals surface area contributed by atoms with E-state index in [0.29, 0.717) is 41.0 Å². The number of carbonyl (C=O) groups excluding carboxylic acids is 1. The summed E-state index contributed by atoms with van der Waals surface area (Å²) in [6.07, 6.45) is 0. The van der Waals surface area contributed by atoms with Gasteiger partial charge in [-0.1, -0.05) is 17.3 Å². The maximum Gasteiger partial charge on any atom is 0.293 e. The van der Waals surface area contributed by atoms with Gasteiger partial charge in [-0.05, 0) is 54.1 Å². The van der Waals surface area contributed by atoms with E-state index in [9.17, 15) is 9.18 Å². The number of carbonyl (C=O) groups is 1. The molecule has 2 aromatic heterocycles. The summed E-state index contributed by atoms with van der Waals surface area (Å²) in [4.78, 5) is 16.4. The molecule has 2 aromatic carbocycles. The van der Waals surface area contributed by atoms with Crippen LogP contribution < -0.4 is 10.1 Å². The van der Waals surface area contributed by atoms with Crippen LogP contribution in [0.2, 0.25) is 0 Å². The summed E-state index contributed by atoms with van der Waals surface area (Å²) in [5.74, 6) is 2.92. The van der Waals surface area contributed by atoms with Gasteiger partial charge in [0.2, 0.25) is 11.7 Å². The number of halogens is 1. The van der Waals surface area contributed by atoms with Crippen molar-refractivity contribution in [2.45, 2.75) is 12.3 Å². The van der Waals surface area contributed by atoms with Crippen molar-refractivity contribution in [1.82, 2.24) is 15.5 Å². The summed E-state index contributed by atoms with van der Waals surface area (Å²) in [5, 5.41) is 6.80. The Labute approximate surface area is 188 Å². The van der Waals surface area contributed by atoms with E-state index >= 15 is 0 Å². The van der Waals surface area contributed by atoms with Gasteiger partial charge in [0.1, 0.15) is 17.3 Å². The Morgan fingerprint density at radius 2 is 1.88 bits per heavy atom. The molecule has 1 N–H and O–H groups in total. The van der Waals surface area contributed by atoms with Crippen molar-refractivity contribution in [2.24, 2.45) is 0 Å². The predicted octanol–water partition coefficient (Wildman–Crippen LogP) is 4.69. The molecule has 4 aromatic rings. The van der Waals surface area contributed by atoms with Crippen LogP contribution in [0.1, 0.15) is 11.3 Å². The maximum atomic E-state index is 13.1. The van der Waals surface area contributed by atoms with Crippen molar-refractivity contribution in [3.8, 4) is 28.8 Å². The van der Waals surface area contributed by atoms with Crippen molar-refractivity contribution < 1.29 is 22.9 Å². The molecule has 32 heavy (non-hydrogen) atoms. The second kappa shape index (κ2) is 10.1. The molecule has 0 saturated heterocycles. The number of ether oxygens (including phenoxy) is 1. The molecule has 0 saturated carbocycles. The lowest BCUT2D eigenvalue weighted by Crippen LogP contribution is -2.24. The third kappa shape index (κ3) is 5.55. The Kier molecular flexibility index (Phi) is 6.86. The van der Waals surface area contributed by atoms with Gasteiger partial charge in [0.25, 0.3) is 5.89 Å². The van der Waals surface area contributed by atoms with Gasteiger partial charge in [-0.3, -0.25) is 4.79 Å². The Morgan fingerprint density at radius 3 is 2.62 bits per heavy atom. The summed E-state index contributed by atoms with van der Waals surface area (Å²) >= 11 is 1.44. The van der Waals surface area contributed by atoms with Crippen molar-refractivity contribution in [2.75, 3.05) is 12.9 Å². The fourth-order valence-electron chi connectivity index (χ4n) is 2.85. The largest absolute Gasteiger partial charge is 0.497 e. The number of rotatable bonds is 9. The fourth-order valence-corrected chi connectivity index (χ4v) is 3.60. The monoisotopic (exact) mass is 453 g/mol. The Balaban J connectivity index is 1.24. The third-order valence-corrected chi connectivity index (χ3v) is 5.48. The van der Waals surface area contributed by atoms with E-state index in [2.05, 4.69) is 15.5 Å². The summed E-state index contributed by atoms with van der Waals surface area (Å²) in [7, 11) is 1.61. The molecule has 4 rings (SSSR count). The van der Waals surface area contributed by atoms with Crippen LogP contribution in [-0.4, -0.2) is 28.9 Å². The number of furan rings is 1. The first-order valence-electron chi connectivity index (χ1n) is 9.77. The molecule has 164 valence electrons. The molecule has 0 aliphatic carbocycles. The highest BCUT2D eigenvalue weighted by Crippen LogP contribution is 2.25. The summed E-state index contributed by atoms with van der Waals surface area (Å²) in [6.45, 7) is 0.460. The van der Waals surface area contributed by atoms with Gasteiger partial charge in [0.05, 0.1) is 18.6 Å². The zero-order chi connectivity index (χ0) is 22.3. The van der Waals surface area contributed by atoms with Crippen molar-refractivity contribution in [1.29, 1.82) is 0 Å². The number of hydrogen-bond donors (Lipinski definition) is 1. The van der Waals surface area contributed by atoms with Crippen LogP contribution in [0, 0.1) is 5.82 Å². The zero-order valence-corrected chi connectivity index (χ0v) is 18.0. The predicted molar refractivity (Wildman–Crippen MR) is 118 cm³/mol. The van der Waals surface area contributed by atoms with Crippen LogP contribution in [0.15, 0.2) is 69.6 Å². The molecule has 0 bridgehead atoms. The average molecular weight is 453 g/mol. The lowest BCUT2D eigenvalue weighted by atomic mass is 10.2. The Morgan fingerprint density at radius 1 is 1.09 bits per heavy atom. The van der Waals surface area contributed by atoms with Crippen LogP contribution in [0.4, 0.5) is 4.39 Å². The average Bonchev–Trinajstić information content (AvgIpc) is 3.48. The molecule has 7 nitrogen and oxygen atoms in total. The topological polar surface area (TPSA) is 90.4 Å².